The first kappa shape index (κ1) is 14.1. The van der Waals surface area contributed by atoms with E-state index in [2.05, 4.69) is 30.7 Å². The number of unbranched alkanes of at least 4 members (excludes halogenated alkanes) is 1. The molecule has 0 bridgehead atoms. The molecule has 5 heteroatoms. The van der Waals surface area contributed by atoms with Crippen LogP contribution in [0.3, 0.4) is 0 Å². The van der Waals surface area contributed by atoms with E-state index < -0.39 is 8.88 Å². The smallest absolute Gasteiger partial charge is 0.374 e. The molecule has 0 aromatic carbocycles. The molecule has 0 aliphatic rings. The van der Waals surface area contributed by atoms with Gasteiger partial charge in [0.2, 0.25) is 0 Å². The average molecular weight is 220 g/mol. The van der Waals surface area contributed by atoms with Gasteiger partial charge in [-0.15, -0.1) is 0 Å². The SMILES string of the molecule is CCCCN[Si](NC(C)C)(OC)OC. The summed E-state index contributed by atoms with van der Waals surface area (Å²) in [6.07, 6.45) is 2.31. The van der Waals surface area contributed by atoms with Crippen molar-refractivity contribution in [2.24, 2.45) is 0 Å². The quantitative estimate of drug-likeness (QED) is 0.475. The molecule has 0 unspecified atom stereocenters. The minimum Gasteiger partial charge on any atom is -0.374 e. The molecule has 0 radical (unpaired) electrons. The molecular weight excluding hydrogens is 196 g/mol. The van der Waals surface area contributed by atoms with Gasteiger partial charge < -0.3 is 8.85 Å². The third-order valence-corrected chi connectivity index (χ3v) is 4.76. The molecular formula is C9H24N2O2Si. The van der Waals surface area contributed by atoms with E-state index in [0.29, 0.717) is 6.04 Å². The van der Waals surface area contributed by atoms with Gasteiger partial charge in [0.05, 0.1) is 0 Å². The van der Waals surface area contributed by atoms with E-state index in [9.17, 15) is 0 Å². The Morgan fingerprint density at radius 2 is 1.79 bits per heavy atom. The van der Waals surface area contributed by atoms with Crippen LogP contribution in [0.5, 0.6) is 0 Å². The summed E-state index contributed by atoms with van der Waals surface area (Å²) >= 11 is 0. The van der Waals surface area contributed by atoms with Crippen LogP contribution in [0.1, 0.15) is 33.6 Å². The lowest BCUT2D eigenvalue weighted by atomic mass is 10.3. The molecule has 0 aliphatic heterocycles. The summed E-state index contributed by atoms with van der Waals surface area (Å²) in [7, 11) is 1.03. The Bertz CT molecular complexity index is 141. The third-order valence-electron chi connectivity index (χ3n) is 1.94. The number of hydrogen-bond acceptors (Lipinski definition) is 4. The lowest BCUT2D eigenvalue weighted by Crippen LogP contribution is -2.68. The molecule has 0 spiro atoms. The van der Waals surface area contributed by atoms with Crippen molar-refractivity contribution in [2.45, 2.75) is 39.7 Å². The molecule has 0 atom stereocenters. The molecule has 0 aromatic heterocycles. The topological polar surface area (TPSA) is 42.5 Å². The highest BCUT2D eigenvalue weighted by atomic mass is 28.4. The molecule has 4 nitrogen and oxygen atoms in total. The normalized spacial score (nSPS) is 12.4. The summed E-state index contributed by atoms with van der Waals surface area (Å²) in [6, 6.07) is 0.357. The Hall–Kier alpha value is 0.0569. The summed E-state index contributed by atoms with van der Waals surface area (Å²) in [4.78, 5) is 6.68. The highest BCUT2D eigenvalue weighted by Crippen LogP contribution is 1.99. The fraction of sp³-hybridized carbons (Fsp3) is 1.00. The van der Waals surface area contributed by atoms with Gasteiger partial charge in [-0.1, -0.05) is 27.2 Å². The third kappa shape index (κ3) is 5.07. The second-order valence-electron chi connectivity index (χ2n) is 3.60. The van der Waals surface area contributed by atoms with Gasteiger partial charge in [-0.05, 0) is 13.0 Å². The van der Waals surface area contributed by atoms with Crippen molar-refractivity contribution in [2.75, 3.05) is 20.8 Å². The van der Waals surface area contributed by atoms with Gasteiger partial charge in [-0.25, -0.2) is 0 Å². The van der Waals surface area contributed by atoms with Crippen LogP contribution in [0.15, 0.2) is 0 Å². The minimum atomic E-state index is -2.34. The maximum atomic E-state index is 5.44. The maximum absolute atomic E-state index is 5.44. The molecule has 0 saturated heterocycles. The van der Waals surface area contributed by atoms with Gasteiger partial charge in [0.1, 0.15) is 0 Å². The zero-order valence-electron chi connectivity index (χ0n) is 10.0. The monoisotopic (exact) mass is 220 g/mol. The van der Waals surface area contributed by atoms with Crippen molar-refractivity contribution in [1.82, 2.24) is 9.96 Å². The van der Waals surface area contributed by atoms with Crippen molar-refractivity contribution < 1.29 is 8.85 Å². The van der Waals surface area contributed by atoms with Gasteiger partial charge in [0.15, 0.2) is 0 Å². The van der Waals surface area contributed by atoms with Crippen LogP contribution in [-0.2, 0) is 8.85 Å². The van der Waals surface area contributed by atoms with Crippen LogP contribution in [0.4, 0.5) is 0 Å². The highest BCUT2D eigenvalue weighted by molar-refractivity contribution is 6.62. The lowest BCUT2D eigenvalue weighted by molar-refractivity contribution is 0.209. The first-order valence-corrected chi connectivity index (χ1v) is 7.05. The standard InChI is InChI=1S/C9H24N2O2Si/c1-6-7-8-10-14(12-4,13-5)11-9(2)3/h9-11H,6-8H2,1-5H3. The van der Waals surface area contributed by atoms with Gasteiger partial charge in [-0.3, -0.25) is 9.96 Å². The summed E-state index contributed by atoms with van der Waals surface area (Å²) < 4.78 is 10.9. The molecule has 0 heterocycles. The maximum Gasteiger partial charge on any atom is 0.516 e. The van der Waals surface area contributed by atoms with Gasteiger partial charge in [0, 0.05) is 20.3 Å². The van der Waals surface area contributed by atoms with Crippen LogP contribution >= 0.6 is 0 Å². The predicted molar refractivity (Wildman–Crippen MR) is 61.0 cm³/mol. The molecule has 14 heavy (non-hydrogen) atoms. The van der Waals surface area contributed by atoms with Gasteiger partial charge >= 0.3 is 8.88 Å². The first-order valence-electron chi connectivity index (χ1n) is 5.23. The second kappa shape index (κ2) is 7.36. The summed E-state index contributed by atoms with van der Waals surface area (Å²) in [5.74, 6) is 0. The Kier molecular flexibility index (Phi) is 7.39. The van der Waals surface area contributed by atoms with Crippen LogP contribution < -0.4 is 9.96 Å². The summed E-state index contributed by atoms with van der Waals surface area (Å²) in [6.45, 7) is 7.27. The zero-order chi connectivity index (χ0) is 11.0. The van der Waals surface area contributed by atoms with E-state index in [-0.39, 0.29) is 0 Å². The molecule has 0 amide bonds. The molecule has 0 aromatic rings. The Balaban J connectivity index is 4.07. The Morgan fingerprint density at radius 1 is 1.21 bits per heavy atom. The zero-order valence-corrected chi connectivity index (χ0v) is 11.0. The number of nitrogens with one attached hydrogen (secondary N) is 2. The fourth-order valence-corrected chi connectivity index (χ4v) is 3.27. The van der Waals surface area contributed by atoms with Crippen molar-refractivity contribution in [1.29, 1.82) is 0 Å². The fourth-order valence-electron chi connectivity index (χ4n) is 1.21. The van der Waals surface area contributed by atoms with Crippen molar-refractivity contribution in [3.8, 4) is 0 Å². The van der Waals surface area contributed by atoms with Crippen LogP contribution in [-0.4, -0.2) is 35.7 Å². The summed E-state index contributed by atoms with van der Waals surface area (Å²) in [5, 5.41) is 0. The lowest BCUT2D eigenvalue weighted by Gasteiger charge is -2.29. The van der Waals surface area contributed by atoms with E-state index in [1.165, 1.54) is 6.42 Å². The number of hydrogen-bond donors (Lipinski definition) is 2. The Morgan fingerprint density at radius 3 is 2.14 bits per heavy atom. The molecule has 2 N–H and O–H groups in total. The predicted octanol–water partition coefficient (Wildman–Crippen LogP) is 1.10. The largest absolute Gasteiger partial charge is 0.516 e. The molecule has 0 aliphatic carbocycles. The Labute approximate surface area is 88.8 Å². The second-order valence-corrected chi connectivity index (χ2v) is 6.30. The number of rotatable bonds is 8. The van der Waals surface area contributed by atoms with Gasteiger partial charge in [-0.2, -0.15) is 0 Å². The highest BCUT2D eigenvalue weighted by Gasteiger charge is 2.37. The molecule has 0 rings (SSSR count). The first-order chi connectivity index (χ1) is 6.60. The minimum absolute atomic E-state index is 0.357. The van der Waals surface area contributed by atoms with Crippen LogP contribution in [0.2, 0.25) is 0 Å². The van der Waals surface area contributed by atoms with Crippen molar-refractivity contribution in [3.05, 3.63) is 0 Å². The molecule has 0 saturated carbocycles. The van der Waals surface area contributed by atoms with E-state index in [1.807, 2.05) is 0 Å². The van der Waals surface area contributed by atoms with E-state index in [1.54, 1.807) is 14.2 Å². The average Bonchev–Trinajstić information content (AvgIpc) is 2.16. The van der Waals surface area contributed by atoms with Gasteiger partial charge in [0.25, 0.3) is 0 Å². The van der Waals surface area contributed by atoms with E-state index in [4.69, 9.17) is 8.85 Å². The molecule has 86 valence electrons. The van der Waals surface area contributed by atoms with Crippen LogP contribution in [0.25, 0.3) is 0 Å². The van der Waals surface area contributed by atoms with Crippen molar-refractivity contribution >= 4 is 8.88 Å². The summed E-state index contributed by atoms with van der Waals surface area (Å²) in [5.41, 5.74) is 0. The van der Waals surface area contributed by atoms with Crippen LogP contribution in [0, 0.1) is 0 Å². The molecule has 0 fully saturated rings. The van der Waals surface area contributed by atoms with Crippen molar-refractivity contribution in [3.63, 3.8) is 0 Å². The van der Waals surface area contributed by atoms with E-state index >= 15 is 0 Å². The van der Waals surface area contributed by atoms with E-state index in [0.717, 1.165) is 13.0 Å².